The number of hydrogen-bond donors (Lipinski definition) is 1. The molecule has 0 radical (unpaired) electrons. The number of nitrogens with zero attached hydrogens (tertiary/aromatic N) is 2. The van der Waals surface area contributed by atoms with E-state index in [-0.39, 0.29) is 0 Å². The average Bonchev–Trinajstić information content (AvgIpc) is 3.05. The number of carbonyl (C=O) groups excluding carboxylic acids is 2. The van der Waals surface area contributed by atoms with E-state index >= 15 is 0 Å². The van der Waals surface area contributed by atoms with E-state index in [0.717, 1.165) is 29.7 Å². The van der Waals surface area contributed by atoms with E-state index in [4.69, 9.17) is 4.74 Å². The molecule has 6 nitrogen and oxygen atoms in total. The van der Waals surface area contributed by atoms with Gasteiger partial charge in [-0.25, -0.2) is 0 Å². The number of nitrogens with one attached hydrogen (secondary N) is 1. The van der Waals surface area contributed by atoms with Crippen LogP contribution in [0.5, 0.6) is 0 Å². The summed E-state index contributed by atoms with van der Waals surface area (Å²) >= 11 is 0. The lowest BCUT2D eigenvalue weighted by Crippen LogP contribution is -2.37. The Morgan fingerprint density at radius 1 is 1.00 bits per heavy atom. The molecule has 0 bridgehead atoms. The number of para-hydroxylation sites is 3. The SMILES string of the molecule is Cn1cc(C(=O)C(=O)Nc2ccccc2N2CCOCC2)c2ccccc21. The maximum absolute atomic E-state index is 12.8. The van der Waals surface area contributed by atoms with Crippen LogP contribution in [0.15, 0.2) is 54.7 Å². The maximum Gasteiger partial charge on any atom is 0.296 e. The number of aryl methyl sites for hydroxylation is 1. The van der Waals surface area contributed by atoms with Crippen molar-refractivity contribution < 1.29 is 14.3 Å². The van der Waals surface area contributed by atoms with Crippen LogP contribution in [0.25, 0.3) is 10.9 Å². The number of carbonyl (C=O) groups is 2. The largest absolute Gasteiger partial charge is 0.378 e. The molecular formula is C21H21N3O3. The molecule has 4 rings (SSSR count). The van der Waals surface area contributed by atoms with Gasteiger partial charge in [-0.15, -0.1) is 0 Å². The standard InChI is InChI=1S/C21H21N3O3/c1-23-14-16(15-6-2-4-8-18(15)23)20(25)21(26)22-17-7-3-5-9-19(17)24-10-12-27-13-11-24/h2-9,14H,10-13H2,1H3,(H,22,26). The fourth-order valence-corrected chi connectivity index (χ4v) is 3.48. The molecule has 0 spiro atoms. The van der Waals surface area contributed by atoms with Crippen molar-refractivity contribution in [3.05, 3.63) is 60.3 Å². The third-order valence-electron chi connectivity index (χ3n) is 4.85. The number of ether oxygens (including phenoxy) is 1. The van der Waals surface area contributed by atoms with Crippen LogP contribution < -0.4 is 10.2 Å². The number of morpholine rings is 1. The molecule has 1 fully saturated rings. The van der Waals surface area contributed by atoms with Crippen LogP contribution in [0.1, 0.15) is 10.4 Å². The molecule has 1 aliphatic heterocycles. The summed E-state index contributed by atoms with van der Waals surface area (Å²) in [7, 11) is 1.87. The van der Waals surface area contributed by atoms with Crippen LogP contribution >= 0.6 is 0 Å². The topological polar surface area (TPSA) is 63.6 Å². The lowest BCUT2D eigenvalue weighted by Gasteiger charge is -2.30. The van der Waals surface area contributed by atoms with E-state index in [1.54, 1.807) is 6.20 Å². The lowest BCUT2D eigenvalue weighted by atomic mass is 10.1. The Morgan fingerprint density at radius 3 is 2.52 bits per heavy atom. The van der Waals surface area contributed by atoms with E-state index in [0.29, 0.717) is 24.5 Å². The van der Waals surface area contributed by atoms with Crippen LogP contribution in [0.4, 0.5) is 11.4 Å². The van der Waals surface area contributed by atoms with Crippen molar-refractivity contribution in [2.45, 2.75) is 0 Å². The zero-order valence-corrected chi connectivity index (χ0v) is 15.1. The van der Waals surface area contributed by atoms with Crippen LogP contribution in [0.3, 0.4) is 0 Å². The number of rotatable bonds is 4. The third kappa shape index (κ3) is 3.31. The van der Waals surface area contributed by atoms with Crippen LogP contribution in [0.2, 0.25) is 0 Å². The molecule has 0 aliphatic carbocycles. The quantitative estimate of drug-likeness (QED) is 0.572. The Kier molecular flexibility index (Phi) is 4.64. The van der Waals surface area contributed by atoms with Crippen molar-refractivity contribution in [1.82, 2.24) is 4.57 Å². The maximum atomic E-state index is 12.8. The fraction of sp³-hybridized carbons (Fsp3) is 0.238. The fourth-order valence-electron chi connectivity index (χ4n) is 3.48. The van der Waals surface area contributed by atoms with E-state index in [9.17, 15) is 9.59 Å². The molecule has 1 N–H and O–H groups in total. The summed E-state index contributed by atoms with van der Waals surface area (Å²) in [6.45, 7) is 2.81. The molecule has 3 aromatic rings. The molecule has 1 aliphatic rings. The number of amides is 1. The molecule has 1 saturated heterocycles. The van der Waals surface area contributed by atoms with Gasteiger partial charge < -0.3 is 19.5 Å². The van der Waals surface area contributed by atoms with E-state index < -0.39 is 11.7 Å². The van der Waals surface area contributed by atoms with E-state index in [2.05, 4.69) is 10.2 Å². The van der Waals surface area contributed by atoms with Crippen molar-refractivity contribution in [2.75, 3.05) is 36.5 Å². The highest BCUT2D eigenvalue weighted by Crippen LogP contribution is 2.27. The van der Waals surface area contributed by atoms with E-state index in [1.165, 1.54) is 0 Å². The number of ketones is 1. The summed E-state index contributed by atoms with van der Waals surface area (Å²) in [5.41, 5.74) is 2.87. The molecule has 2 heterocycles. The number of anilines is 2. The molecule has 0 unspecified atom stereocenters. The van der Waals surface area contributed by atoms with Crippen LogP contribution in [-0.2, 0) is 16.6 Å². The number of fused-ring (bicyclic) bond motifs is 1. The number of hydrogen-bond acceptors (Lipinski definition) is 4. The van der Waals surface area contributed by atoms with Crippen molar-refractivity contribution in [3.8, 4) is 0 Å². The normalized spacial score (nSPS) is 14.3. The van der Waals surface area contributed by atoms with Gasteiger partial charge in [0.2, 0.25) is 0 Å². The molecule has 138 valence electrons. The summed E-state index contributed by atoms with van der Waals surface area (Å²) in [4.78, 5) is 27.6. The van der Waals surface area contributed by atoms with Gasteiger partial charge in [0, 0.05) is 37.2 Å². The van der Waals surface area contributed by atoms with Crippen LogP contribution in [-0.4, -0.2) is 42.6 Å². The van der Waals surface area contributed by atoms with Gasteiger partial charge in [-0.1, -0.05) is 30.3 Å². The number of benzene rings is 2. The second-order valence-corrected chi connectivity index (χ2v) is 6.57. The van der Waals surface area contributed by atoms with E-state index in [1.807, 2.05) is 60.1 Å². The first kappa shape index (κ1) is 17.3. The first-order valence-electron chi connectivity index (χ1n) is 8.96. The first-order valence-corrected chi connectivity index (χ1v) is 8.96. The van der Waals surface area contributed by atoms with Gasteiger partial charge >= 0.3 is 0 Å². The second kappa shape index (κ2) is 7.25. The predicted octanol–water partition coefficient (Wildman–Crippen LogP) is 2.84. The molecular weight excluding hydrogens is 342 g/mol. The molecule has 0 saturated carbocycles. The summed E-state index contributed by atoms with van der Waals surface area (Å²) < 4.78 is 7.25. The van der Waals surface area contributed by atoms with Crippen LogP contribution in [0, 0.1) is 0 Å². The lowest BCUT2D eigenvalue weighted by molar-refractivity contribution is -0.112. The third-order valence-corrected chi connectivity index (χ3v) is 4.85. The Bertz CT molecular complexity index is 1000. The minimum atomic E-state index is -0.632. The summed E-state index contributed by atoms with van der Waals surface area (Å²) in [6.07, 6.45) is 1.71. The molecule has 1 amide bonds. The second-order valence-electron chi connectivity index (χ2n) is 6.57. The van der Waals surface area contributed by atoms with Gasteiger partial charge in [0.05, 0.1) is 30.2 Å². The smallest absolute Gasteiger partial charge is 0.296 e. The van der Waals surface area contributed by atoms with Gasteiger partial charge in [-0.3, -0.25) is 9.59 Å². The summed E-state index contributed by atoms with van der Waals surface area (Å²) in [5.74, 6) is -1.17. The molecule has 2 aromatic carbocycles. The van der Waals surface area contributed by atoms with Crippen molar-refractivity contribution >= 4 is 34.0 Å². The first-order chi connectivity index (χ1) is 13.1. The zero-order valence-electron chi connectivity index (χ0n) is 15.1. The van der Waals surface area contributed by atoms with Crippen molar-refractivity contribution in [2.24, 2.45) is 7.05 Å². The van der Waals surface area contributed by atoms with Gasteiger partial charge in [-0.05, 0) is 18.2 Å². The Hall–Kier alpha value is -3.12. The monoisotopic (exact) mass is 363 g/mol. The zero-order chi connectivity index (χ0) is 18.8. The summed E-state index contributed by atoms with van der Waals surface area (Å²) in [5, 5.41) is 3.58. The average molecular weight is 363 g/mol. The van der Waals surface area contributed by atoms with Crippen molar-refractivity contribution in [1.29, 1.82) is 0 Å². The van der Waals surface area contributed by atoms with Gasteiger partial charge in [0.25, 0.3) is 11.7 Å². The summed E-state index contributed by atoms with van der Waals surface area (Å²) in [6, 6.07) is 15.1. The van der Waals surface area contributed by atoms with Gasteiger partial charge in [-0.2, -0.15) is 0 Å². The number of Topliss-reactive ketones (excluding diaryl/α,β-unsaturated/α-hetero) is 1. The minimum Gasteiger partial charge on any atom is -0.378 e. The van der Waals surface area contributed by atoms with Gasteiger partial charge in [0.1, 0.15) is 0 Å². The highest BCUT2D eigenvalue weighted by Gasteiger charge is 2.23. The predicted molar refractivity (Wildman–Crippen MR) is 105 cm³/mol. The molecule has 1 aromatic heterocycles. The Balaban J connectivity index is 1.60. The van der Waals surface area contributed by atoms with Crippen molar-refractivity contribution in [3.63, 3.8) is 0 Å². The Morgan fingerprint density at radius 2 is 1.70 bits per heavy atom. The molecule has 0 atom stereocenters. The van der Waals surface area contributed by atoms with Gasteiger partial charge in [0.15, 0.2) is 0 Å². The molecule has 6 heteroatoms. The number of aromatic nitrogens is 1. The highest BCUT2D eigenvalue weighted by atomic mass is 16.5. The highest BCUT2D eigenvalue weighted by molar-refractivity contribution is 6.48. The Labute approximate surface area is 157 Å². The molecule has 27 heavy (non-hydrogen) atoms. The minimum absolute atomic E-state index is 0.412.